The predicted molar refractivity (Wildman–Crippen MR) is 172 cm³/mol. The largest absolute Gasteiger partial charge is 0.458 e. The van der Waals surface area contributed by atoms with Gasteiger partial charge in [-0.3, -0.25) is 9.59 Å². The van der Waals surface area contributed by atoms with Crippen LogP contribution in [0.2, 0.25) is 0 Å². The minimum absolute atomic E-state index is 0.209. The number of rotatable bonds is 12. The van der Waals surface area contributed by atoms with Crippen molar-refractivity contribution in [3.05, 3.63) is 70.8 Å². The molecule has 2 rings (SSSR count). The number of amides is 3. The molecule has 0 heterocycles. The van der Waals surface area contributed by atoms with Crippen LogP contribution in [0.4, 0.5) is 4.79 Å². The van der Waals surface area contributed by atoms with Crippen LogP contribution in [-0.2, 0) is 30.3 Å². The lowest BCUT2D eigenvalue weighted by Gasteiger charge is -2.36. The molecule has 0 saturated carbocycles. The first kappa shape index (κ1) is 36.3. The molecule has 0 aromatic heterocycles. The van der Waals surface area contributed by atoms with E-state index in [-0.39, 0.29) is 13.0 Å². The van der Waals surface area contributed by atoms with Crippen LogP contribution >= 0.6 is 0 Å². The first-order valence-corrected chi connectivity index (χ1v) is 15.4. The fourth-order valence-electron chi connectivity index (χ4n) is 4.84. The highest BCUT2D eigenvalue weighted by Crippen LogP contribution is 2.29. The Morgan fingerprint density at radius 2 is 1.39 bits per heavy atom. The van der Waals surface area contributed by atoms with Crippen molar-refractivity contribution in [3.8, 4) is 0 Å². The number of hydrogen-bond acceptors (Lipinski definition) is 6. The molecule has 0 aliphatic carbocycles. The topological polar surface area (TPSA) is 114 Å². The summed E-state index contributed by atoms with van der Waals surface area (Å²) in [4.78, 5) is 56.0. The van der Waals surface area contributed by atoms with Gasteiger partial charge >= 0.3 is 12.1 Å². The van der Waals surface area contributed by atoms with Gasteiger partial charge in [-0.15, -0.1) is 0 Å². The van der Waals surface area contributed by atoms with Gasteiger partial charge in [0.25, 0.3) is 0 Å². The van der Waals surface area contributed by atoms with Gasteiger partial charge in [-0.25, -0.2) is 9.59 Å². The maximum absolute atomic E-state index is 14.4. The Balaban J connectivity index is 2.58. The zero-order valence-corrected chi connectivity index (χ0v) is 28.1. The Morgan fingerprint density at radius 1 is 0.818 bits per heavy atom. The number of ether oxygens (including phenoxy) is 2. The van der Waals surface area contributed by atoms with Crippen LogP contribution in [0.15, 0.2) is 48.5 Å². The van der Waals surface area contributed by atoms with Crippen molar-refractivity contribution in [1.29, 1.82) is 0 Å². The van der Waals surface area contributed by atoms with Gasteiger partial charge in [0, 0.05) is 13.0 Å². The maximum atomic E-state index is 14.4. The second-order valence-electron chi connectivity index (χ2n) is 13.2. The highest BCUT2D eigenvalue weighted by molar-refractivity contribution is 5.94. The quantitative estimate of drug-likeness (QED) is 0.287. The van der Waals surface area contributed by atoms with E-state index in [1.54, 1.807) is 48.5 Å². The van der Waals surface area contributed by atoms with E-state index in [0.717, 1.165) is 23.1 Å². The van der Waals surface area contributed by atoms with Crippen LogP contribution in [0.5, 0.6) is 0 Å². The monoisotopic (exact) mass is 609 g/mol. The summed E-state index contributed by atoms with van der Waals surface area (Å²) in [6.07, 6.45) is 0.877. The summed E-state index contributed by atoms with van der Waals surface area (Å²) in [7, 11) is 0. The number of hydrogen-bond donors (Lipinski definition) is 2. The Labute approximate surface area is 263 Å². The minimum Gasteiger partial charge on any atom is -0.458 e. The van der Waals surface area contributed by atoms with Crippen molar-refractivity contribution in [2.75, 3.05) is 6.54 Å². The fraction of sp³-hybridized carbons (Fsp3) is 0.543. The zero-order chi connectivity index (χ0) is 33.2. The van der Waals surface area contributed by atoms with E-state index in [0.29, 0.717) is 12.0 Å². The van der Waals surface area contributed by atoms with Gasteiger partial charge in [0.15, 0.2) is 0 Å². The maximum Gasteiger partial charge on any atom is 0.408 e. The van der Waals surface area contributed by atoms with Crippen LogP contribution in [0.3, 0.4) is 0 Å². The van der Waals surface area contributed by atoms with Crippen molar-refractivity contribution >= 4 is 23.9 Å². The molecule has 0 aliphatic heterocycles. The molecule has 3 atom stereocenters. The van der Waals surface area contributed by atoms with E-state index >= 15 is 0 Å². The number of alkyl carbamates (subject to hydrolysis) is 1. The highest BCUT2D eigenvalue weighted by Gasteiger charge is 2.38. The number of aryl methyl sites for hydroxylation is 2. The average molecular weight is 610 g/mol. The van der Waals surface area contributed by atoms with E-state index in [1.807, 2.05) is 69.3 Å². The van der Waals surface area contributed by atoms with E-state index in [2.05, 4.69) is 10.6 Å². The Hall–Kier alpha value is -3.88. The molecular formula is C35H51N3O6. The normalized spacial score (nSPS) is 13.7. The molecule has 0 saturated heterocycles. The molecule has 0 radical (unpaired) electrons. The van der Waals surface area contributed by atoms with Gasteiger partial charge in [-0.2, -0.15) is 0 Å². The molecule has 0 bridgehead atoms. The summed E-state index contributed by atoms with van der Waals surface area (Å²) in [6, 6.07) is 12.0. The molecule has 2 N–H and O–H groups in total. The molecule has 3 unspecified atom stereocenters. The summed E-state index contributed by atoms with van der Waals surface area (Å²) < 4.78 is 11.1. The molecule has 242 valence electrons. The Kier molecular flexibility index (Phi) is 13.0. The number of nitrogens with zero attached hydrogens (tertiary/aromatic N) is 1. The molecular weight excluding hydrogens is 558 g/mol. The number of unbranched alkanes of at least 4 members (excludes halogenated alkanes) is 1. The zero-order valence-electron chi connectivity index (χ0n) is 28.1. The first-order valence-electron chi connectivity index (χ1n) is 15.4. The number of carbonyl (C=O) groups excluding carboxylic acids is 4. The third kappa shape index (κ3) is 11.3. The Bertz CT molecular complexity index is 1260. The molecule has 0 fully saturated rings. The highest BCUT2D eigenvalue weighted by atomic mass is 16.6. The Morgan fingerprint density at radius 3 is 1.91 bits per heavy atom. The van der Waals surface area contributed by atoms with Gasteiger partial charge in [0.2, 0.25) is 11.8 Å². The summed E-state index contributed by atoms with van der Waals surface area (Å²) in [5, 5.41) is 5.57. The molecule has 2 aromatic rings. The third-order valence-electron chi connectivity index (χ3n) is 6.81. The van der Waals surface area contributed by atoms with Crippen molar-refractivity contribution in [2.45, 2.75) is 118 Å². The van der Waals surface area contributed by atoms with Gasteiger partial charge in [0.1, 0.15) is 29.3 Å². The smallest absolute Gasteiger partial charge is 0.408 e. The molecule has 0 spiro atoms. The molecule has 3 amide bonds. The van der Waals surface area contributed by atoms with Gasteiger partial charge in [-0.1, -0.05) is 61.9 Å². The fourth-order valence-corrected chi connectivity index (χ4v) is 4.84. The van der Waals surface area contributed by atoms with Crippen LogP contribution in [0, 0.1) is 13.8 Å². The molecule has 44 heavy (non-hydrogen) atoms. The summed E-state index contributed by atoms with van der Waals surface area (Å²) >= 11 is 0. The standard InChI is InChI=1S/C35H51N3O6/c1-11-12-21-38(31(40)25(4)36-33(42)44-35(8,9)10)29(28-23(2)17-16-18-24(28)3)30(39)37-27(32(41)43-34(5,6)7)22-26-19-14-13-15-20-26/h13-20,25,27,29H,11-12,21-22H2,1-10H3,(H,36,42)(H,37,39). The van der Waals surface area contributed by atoms with E-state index in [9.17, 15) is 19.2 Å². The summed E-state index contributed by atoms with van der Waals surface area (Å²) in [5.41, 5.74) is 1.65. The molecule has 0 aliphatic rings. The van der Waals surface area contributed by atoms with Gasteiger partial charge in [0.05, 0.1) is 0 Å². The van der Waals surface area contributed by atoms with Crippen LogP contribution in [-0.4, -0.2) is 58.6 Å². The first-order chi connectivity index (χ1) is 20.4. The van der Waals surface area contributed by atoms with E-state index in [4.69, 9.17) is 9.47 Å². The molecule has 2 aromatic carbocycles. The number of nitrogens with one attached hydrogen (secondary N) is 2. The average Bonchev–Trinajstić information content (AvgIpc) is 2.89. The van der Waals surface area contributed by atoms with Crippen molar-refractivity contribution in [1.82, 2.24) is 15.5 Å². The van der Waals surface area contributed by atoms with Crippen LogP contribution in [0.1, 0.15) is 96.5 Å². The van der Waals surface area contributed by atoms with E-state index in [1.165, 1.54) is 4.90 Å². The van der Waals surface area contributed by atoms with Gasteiger partial charge < -0.3 is 25.0 Å². The second-order valence-corrected chi connectivity index (χ2v) is 13.2. The minimum atomic E-state index is -1.07. The SMILES string of the molecule is CCCCN(C(=O)C(C)NC(=O)OC(C)(C)C)C(C(=O)NC(Cc1ccccc1)C(=O)OC(C)(C)C)c1c(C)cccc1C. The van der Waals surface area contributed by atoms with Crippen molar-refractivity contribution in [2.24, 2.45) is 0 Å². The second kappa shape index (κ2) is 15.7. The summed E-state index contributed by atoms with van der Waals surface area (Å²) in [6.45, 7) is 18.2. The van der Waals surface area contributed by atoms with Crippen molar-refractivity contribution < 1.29 is 28.7 Å². The lowest BCUT2D eigenvalue weighted by atomic mass is 9.93. The molecule has 9 heteroatoms. The number of esters is 1. The molecule has 9 nitrogen and oxygen atoms in total. The number of benzene rings is 2. The third-order valence-corrected chi connectivity index (χ3v) is 6.81. The van der Waals surface area contributed by atoms with Crippen LogP contribution < -0.4 is 10.6 Å². The van der Waals surface area contributed by atoms with E-state index < -0.39 is 53.2 Å². The van der Waals surface area contributed by atoms with Gasteiger partial charge in [-0.05, 0) is 91.0 Å². The van der Waals surface area contributed by atoms with Crippen LogP contribution in [0.25, 0.3) is 0 Å². The predicted octanol–water partition coefficient (Wildman–Crippen LogP) is 5.96. The van der Waals surface area contributed by atoms with Crippen molar-refractivity contribution in [3.63, 3.8) is 0 Å². The lowest BCUT2D eigenvalue weighted by Crippen LogP contribution is -2.54. The summed E-state index contributed by atoms with van der Waals surface area (Å²) in [5.74, 6) is -1.52. The number of carbonyl (C=O) groups is 4. The lowest BCUT2D eigenvalue weighted by molar-refractivity contribution is -0.159.